The quantitative estimate of drug-likeness (QED) is 0.611. The molecule has 1 aromatic carbocycles. The van der Waals surface area contributed by atoms with E-state index in [1.807, 2.05) is 28.6 Å². The summed E-state index contributed by atoms with van der Waals surface area (Å²) in [4.78, 5) is 33.7. The van der Waals surface area contributed by atoms with Crippen molar-refractivity contribution in [1.82, 2.24) is 24.6 Å². The standard InChI is InChI=1S/C25H33N5O2.ClH/c1-4-8-28-9-10-29(14-17(28)3)25(32)19-12-20-22(11-16(19)2)27-24(31)21-13-26-30(23(20)21)15-18-6-5-7-18;/h11-13,17-18H,4-10,14-15H2,1-3H3,(H,27,31);1H/t17-;/m0./s1. The van der Waals surface area contributed by atoms with Crippen LogP contribution in [0.3, 0.4) is 0 Å². The van der Waals surface area contributed by atoms with Crippen LogP contribution >= 0.6 is 12.4 Å². The molecule has 3 heterocycles. The van der Waals surface area contributed by atoms with Gasteiger partial charge in [-0.05, 0) is 63.3 Å². The summed E-state index contributed by atoms with van der Waals surface area (Å²) in [5.74, 6) is 0.705. The number of aromatic amines is 1. The molecule has 8 heteroatoms. The molecule has 0 bridgehead atoms. The number of hydrogen-bond acceptors (Lipinski definition) is 4. The van der Waals surface area contributed by atoms with Crippen LogP contribution in [0, 0.1) is 12.8 Å². The molecule has 1 saturated carbocycles. The summed E-state index contributed by atoms with van der Waals surface area (Å²) >= 11 is 0. The second kappa shape index (κ2) is 9.47. The number of halogens is 1. The third kappa shape index (κ3) is 4.28. The zero-order valence-electron chi connectivity index (χ0n) is 19.8. The van der Waals surface area contributed by atoms with Crippen molar-refractivity contribution in [3.63, 3.8) is 0 Å². The van der Waals surface area contributed by atoms with Gasteiger partial charge in [0, 0.05) is 43.2 Å². The molecule has 0 spiro atoms. The van der Waals surface area contributed by atoms with Gasteiger partial charge in [0.1, 0.15) is 0 Å². The van der Waals surface area contributed by atoms with Crippen molar-refractivity contribution in [2.45, 2.75) is 59.0 Å². The third-order valence-electron chi connectivity index (χ3n) is 7.40. The lowest BCUT2D eigenvalue weighted by Crippen LogP contribution is -2.53. The number of carbonyl (C=O) groups is 1. The molecule has 2 fully saturated rings. The van der Waals surface area contributed by atoms with Gasteiger partial charge in [0.05, 0.1) is 22.6 Å². The van der Waals surface area contributed by atoms with Gasteiger partial charge in [-0.3, -0.25) is 19.2 Å². The molecule has 1 aliphatic carbocycles. The number of amides is 1. The van der Waals surface area contributed by atoms with Crippen molar-refractivity contribution in [1.29, 1.82) is 0 Å². The third-order valence-corrected chi connectivity index (χ3v) is 7.40. The van der Waals surface area contributed by atoms with Crippen LogP contribution in [0.15, 0.2) is 23.1 Å². The van der Waals surface area contributed by atoms with E-state index in [2.05, 4.69) is 28.8 Å². The van der Waals surface area contributed by atoms with Gasteiger partial charge in [-0.25, -0.2) is 0 Å². The Morgan fingerprint density at radius 2 is 2.00 bits per heavy atom. The van der Waals surface area contributed by atoms with Crippen molar-refractivity contribution >= 4 is 40.1 Å². The fourth-order valence-corrected chi connectivity index (χ4v) is 5.29. The predicted octanol–water partition coefficient (Wildman–Crippen LogP) is 3.96. The lowest BCUT2D eigenvalue weighted by molar-refractivity contribution is 0.0515. The number of benzene rings is 1. The Bertz CT molecular complexity index is 1230. The van der Waals surface area contributed by atoms with E-state index in [0.717, 1.165) is 66.7 Å². The number of nitrogens with one attached hydrogen (secondary N) is 1. The molecule has 33 heavy (non-hydrogen) atoms. The molecular weight excluding hydrogens is 438 g/mol. The first kappa shape index (κ1) is 23.8. The molecule has 1 atom stereocenters. The van der Waals surface area contributed by atoms with Crippen molar-refractivity contribution in [2.75, 3.05) is 26.2 Å². The highest BCUT2D eigenvalue weighted by Gasteiger charge is 2.28. The molecule has 1 saturated heterocycles. The van der Waals surface area contributed by atoms with Crippen LogP contribution in [0.5, 0.6) is 0 Å². The Labute approximate surface area is 200 Å². The first-order valence-electron chi connectivity index (χ1n) is 12.0. The molecular formula is C25H34ClN5O2. The number of fused-ring (bicyclic) bond motifs is 3. The number of aryl methyl sites for hydroxylation is 1. The van der Waals surface area contributed by atoms with Crippen molar-refractivity contribution in [2.24, 2.45) is 5.92 Å². The molecule has 0 radical (unpaired) electrons. The summed E-state index contributed by atoms with van der Waals surface area (Å²) in [6.45, 7) is 10.7. The summed E-state index contributed by atoms with van der Waals surface area (Å²) < 4.78 is 1.98. The Morgan fingerprint density at radius 1 is 1.21 bits per heavy atom. The molecule has 5 rings (SSSR count). The van der Waals surface area contributed by atoms with Crippen LogP contribution in [-0.2, 0) is 6.54 Å². The van der Waals surface area contributed by atoms with E-state index in [-0.39, 0.29) is 23.9 Å². The monoisotopic (exact) mass is 471 g/mol. The number of pyridine rings is 1. The first-order valence-corrected chi connectivity index (χ1v) is 12.0. The lowest BCUT2D eigenvalue weighted by Gasteiger charge is -2.40. The highest BCUT2D eigenvalue weighted by molar-refractivity contribution is 6.07. The van der Waals surface area contributed by atoms with E-state index in [0.29, 0.717) is 17.3 Å². The maximum absolute atomic E-state index is 13.5. The number of H-pyrrole nitrogens is 1. The van der Waals surface area contributed by atoms with Crippen LogP contribution in [0.4, 0.5) is 0 Å². The number of aromatic nitrogens is 3. The number of hydrogen-bond donors (Lipinski definition) is 1. The van der Waals surface area contributed by atoms with Gasteiger partial charge >= 0.3 is 0 Å². The van der Waals surface area contributed by atoms with Crippen molar-refractivity contribution in [3.8, 4) is 0 Å². The normalized spacial score (nSPS) is 19.6. The Morgan fingerprint density at radius 3 is 2.67 bits per heavy atom. The highest BCUT2D eigenvalue weighted by Crippen LogP contribution is 2.31. The molecule has 1 N–H and O–H groups in total. The van der Waals surface area contributed by atoms with Crippen LogP contribution in [0.2, 0.25) is 0 Å². The topological polar surface area (TPSA) is 74.2 Å². The average molecular weight is 472 g/mol. The van der Waals surface area contributed by atoms with Gasteiger partial charge in [-0.15, -0.1) is 12.4 Å². The van der Waals surface area contributed by atoms with E-state index in [4.69, 9.17) is 0 Å². The van der Waals surface area contributed by atoms with Gasteiger partial charge in [0.2, 0.25) is 0 Å². The minimum absolute atomic E-state index is 0. The number of nitrogens with zero attached hydrogens (tertiary/aromatic N) is 4. The fraction of sp³-hybridized carbons (Fsp3) is 0.560. The smallest absolute Gasteiger partial charge is 0.259 e. The lowest BCUT2D eigenvalue weighted by atomic mass is 9.85. The molecule has 178 valence electrons. The van der Waals surface area contributed by atoms with Crippen LogP contribution in [-0.4, -0.2) is 62.7 Å². The maximum atomic E-state index is 13.5. The van der Waals surface area contributed by atoms with Crippen LogP contribution in [0.1, 0.15) is 55.5 Å². The summed E-state index contributed by atoms with van der Waals surface area (Å²) in [5, 5.41) is 6.05. The largest absolute Gasteiger partial charge is 0.336 e. The van der Waals surface area contributed by atoms with E-state index in [9.17, 15) is 9.59 Å². The SMILES string of the molecule is CCCN1CCN(C(=O)c2cc3c(cc2C)[nH]c(=O)c2cnn(CC4CCC4)c23)C[C@@H]1C.Cl. The number of piperazine rings is 1. The van der Waals surface area contributed by atoms with Crippen molar-refractivity contribution in [3.05, 3.63) is 39.8 Å². The fourth-order valence-electron chi connectivity index (χ4n) is 5.29. The van der Waals surface area contributed by atoms with E-state index in [1.165, 1.54) is 19.3 Å². The van der Waals surface area contributed by atoms with Crippen LogP contribution in [0.25, 0.3) is 21.8 Å². The summed E-state index contributed by atoms with van der Waals surface area (Å²) in [7, 11) is 0. The molecule has 3 aromatic rings. The highest BCUT2D eigenvalue weighted by atomic mass is 35.5. The number of rotatable bonds is 5. The molecule has 1 amide bonds. The molecule has 7 nitrogen and oxygen atoms in total. The zero-order chi connectivity index (χ0) is 22.4. The van der Waals surface area contributed by atoms with Gasteiger partial charge in [0.15, 0.2) is 0 Å². The average Bonchev–Trinajstić information content (AvgIpc) is 3.16. The van der Waals surface area contributed by atoms with E-state index < -0.39 is 0 Å². The van der Waals surface area contributed by atoms with Crippen LogP contribution < -0.4 is 5.56 Å². The van der Waals surface area contributed by atoms with E-state index in [1.54, 1.807) is 6.20 Å². The summed E-state index contributed by atoms with van der Waals surface area (Å²) in [6.07, 6.45) is 6.50. The minimum atomic E-state index is -0.119. The Balaban J connectivity index is 0.00000259. The Kier molecular flexibility index (Phi) is 6.82. The van der Waals surface area contributed by atoms with Gasteiger partial charge in [-0.2, -0.15) is 5.10 Å². The van der Waals surface area contributed by atoms with Gasteiger partial charge in [0.25, 0.3) is 11.5 Å². The van der Waals surface area contributed by atoms with Gasteiger partial charge in [-0.1, -0.05) is 13.3 Å². The van der Waals surface area contributed by atoms with Gasteiger partial charge < -0.3 is 9.88 Å². The Hall–Kier alpha value is -2.38. The number of carbonyl (C=O) groups excluding carboxylic acids is 1. The summed E-state index contributed by atoms with van der Waals surface area (Å²) in [5.41, 5.74) is 3.12. The second-order valence-electron chi connectivity index (χ2n) is 9.69. The predicted molar refractivity (Wildman–Crippen MR) is 134 cm³/mol. The maximum Gasteiger partial charge on any atom is 0.259 e. The molecule has 2 aromatic heterocycles. The first-order chi connectivity index (χ1) is 15.5. The van der Waals surface area contributed by atoms with Crippen molar-refractivity contribution < 1.29 is 4.79 Å². The molecule has 0 unspecified atom stereocenters. The molecule has 1 aliphatic heterocycles. The molecule has 2 aliphatic rings. The zero-order valence-corrected chi connectivity index (χ0v) is 20.6. The second-order valence-corrected chi connectivity index (χ2v) is 9.69. The minimum Gasteiger partial charge on any atom is -0.336 e. The summed E-state index contributed by atoms with van der Waals surface area (Å²) in [6, 6.07) is 4.29. The van der Waals surface area contributed by atoms with E-state index >= 15 is 0 Å².